The molecule has 0 aromatic heterocycles. The summed E-state index contributed by atoms with van der Waals surface area (Å²) >= 11 is 2.03. The minimum atomic E-state index is 0.147. The van der Waals surface area contributed by atoms with E-state index in [1.807, 2.05) is 11.8 Å². The first-order valence-corrected chi connectivity index (χ1v) is 8.67. The van der Waals surface area contributed by atoms with Gasteiger partial charge in [0.2, 0.25) is 0 Å². The lowest BCUT2D eigenvalue weighted by atomic mass is 9.77. The highest BCUT2D eigenvalue weighted by molar-refractivity contribution is 7.99. The Morgan fingerprint density at radius 3 is 2.95 bits per heavy atom. The number of nitrogens with two attached hydrogens (primary N) is 1. The quantitative estimate of drug-likeness (QED) is 0.609. The molecule has 4 nitrogen and oxygen atoms in total. The van der Waals surface area contributed by atoms with Crippen LogP contribution < -0.4 is 11.3 Å². The number of thioether (sulfide) groups is 1. The van der Waals surface area contributed by atoms with E-state index in [0.717, 1.165) is 26.1 Å². The highest BCUT2D eigenvalue weighted by atomic mass is 32.2. The molecule has 0 aliphatic carbocycles. The fraction of sp³-hybridized carbons (Fsp3) is 1.00. The van der Waals surface area contributed by atoms with Crippen LogP contribution in [0, 0.1) is 11.8 Å². The summed E-state index contributed by atoms with van der Waals surface area (Å²) in [5.41, 5.74) is 3.24. The van der Waals surface area contributed by atoms with Crippen LogP contribution in [0.2, 0.25) is 0 Å². The lowest BCUT2D eigenvalue weighted by molar-refractivity contribution is -0.0885. The highest BCUT2D eigenvalue weighted by Gasteiger charge is 2.44. The van der Waals surface area contributed by atoms with E-state index >= 15 is 0 Å². The van der Waals surface area contributed by atoms with Gasteiger partial charge in [0.15, 0.2) is 0 Å². The summed E-state index contributed by atoms with van der Waals surface area (Å²) in [6, 6.07) is 0.385. The van der Waals surface area contributed by atoms with Crippen molar-refractivity contribution in [3.63, 3.8) is 0 Å². The highest BCUT2D eigenvalue weighted by Crippen LogP contribution is 2.42. The van der Waals surface area contributed by atoms with Crippen molar-refractivity contribution in [2.24, 2.45) is 17.7 Å². The van der Waals surface area contributed by atoms with Crippen molar-refractivity contribution in [3.8, 4) is 0 Å². The smallest absolute Gasteiger partial charge is 0.0783 e. The van der Waals surface area contributed by atoms with Gasteiger partial charge in [0.25, 0.3) is 0 Å². The van der Waals surface area contributed by atoms with Gasteiger partial charge in [0.1, 0.15) is 0 Å². The van der Waals surface area contributed by atoms with Crippen molar-refractivity contribution in [2.45, 2.75) is 50.4 Å². The van der Waals surface area contributed by atoms with Crippen LogP contribution in [-0.2, 0) is 9.47 Å². The van der Waals surface area contributed by atoms with Gasteiger partial charge in [0.05, 0.1) is 18.3 Å². The molecule has 19 heavy (non-hydrogen) atoms. The molecule has 0 amide bonds. The lowest BCUT2D eigenvalue weighted by Crippen LogP contribution is -2.52. The average Bonchev–Trinajstić information content (AvgIpc) is 3.01. The Bertz CT molecular complexity index is 310. The summed E-state index contributed by atoms with van der Waals surface area (Å²) < 4.78 is 11.8. The van der Waals surface area contributed by atoms with Gasteiger partial charge in [-0.05, 0) is 44.3 Å². The lowest BCUT2D eigenvalue weighted by Gasteiger charge is -2.42. The van der Waals surface area contributed by atoms with E-state index in [1.54, 1.807) is 0 Å². The second-order valence-electron chi connectivity index (χ2n) is 6.42. The van der Waals surface area contributed by atoms with Crippen molar-refractivity contribution in [1.82, 2.24) is 5.43 Å². The Balaban J connectivity index is 1.65. The normalized spacial score (nSPS) is 44.8. The molecule has 0 saturated carbocycles. The van der Waals surface area contributed by atoms with Gasteiger partial charge in [-0.15, -0.1) is 0 Å². The molecule has 3 fully saturated rings. The molecular formula is C14H26N2O2S. The summed E-state index contributed by atoms with van der Waals surface area (Å²) in [4.78, 5) is 0. The van der Waals surface area contributed by atoms with E-state index in [0.29, 0.717) is 24.0 Å². The maximum Gasteiger partial charge on any atom is 0.0783 e. The van der Waals surface area contributed by atoms with Crippen LogP contribution in [0.25, 0.3) is 0 Å². The Hall–Kier alpha value is 0.190. The van der Waals surface area contributed by atoms with Crippen LogP contribution in [0.4, 0.5) is 0 Å². The number of nitrogens with one attached hydrogen (secondary N) is 1. The van der Waals surface area contributed by atoms with Gasteiger partial charge in [-0.25, -0.2) is 0 Å². The van der Waals surface area contributed by atoms with Gasteiger partial charge < -0.3 is 9.47 Å². The molecule has 3 saturated heterocycles. The SMILES string of the molecule is CC1CC(C(NN)C2CCOC3(CCSC3)C2)CO1. The van der Waals surface area contributed by atoms with Crippen LogP contribution in [0.1, 0.15) is 32.6 Å². The number of hydrogen-bond acceptors (Lipinski definition) is 5. The second-order valence-corrected chi connectivity index (χ2v) is 7.52. The maximum atomic E-state index is 6.11. The van der Waals surface area contributed by atoms with E-state index in [9.17, 15) is 0 Å². The van der Waals surface area contributed by atoms with E-state index in [1.165, 1.54) is 24.3 Å². The molecular weight excluding hydrogens is 260 g/mol. The summed E-state index contributed by atoms with van der Waals surface area (Å²) in [7, 11) is 0. The molecule has 5 unspecified atom stereocenters. The fourth-order valence-corrected chi connectivity index (χ4v) is 5.37. The van der Waals surface area contributed by atoms with Gasteiger partial charge in [-0.3, -0.25) is 11.3 Å². The molecule has 0 aromatic rings. The molecule has 3 aliphatic rings. The third-order valence-corrected chi connectivity index (χ3v) is 6.26. The standard InChI is InChI=1S/C14H26N2O2S/c1-10-6-12(8-17-10)13(16-15)11-2-4-18-14(7-11)3-5-19-9-14/h10-13,16H,2-9,15H2,1H3. The van der Waals surface area contributed by atoms with Crippen LogP contribution in [0.5, 0.6) is 0 Å². The largest absolute Gasteiger partial charge is 0.378 e. The van der Waals surface area contributed by atoms with E-state index in [2.05, 4.69) is 12.3 Å². The monoisotopic (exact) mass is 286 g/mol. The van der Waals surface area contributed by atoms with Crippen molar-refractivity contribution >= 4 is 11.8 Å². The summed E-state index contributed by atoms with van der Waals surface area (Å²) in [5.74, 6) is 9.48. The molecule has 5 atom stereocenters. The molecule has 0 bridgehead atoms. The van der Waals surface area contributed by atoms with Crippen molar-refractivity contribution in [2.75, 3.05) is 24.7 Å². The van der Waals surface area contributed by atoms with Gasteiger partial charge in [0, 0.05) is 24.3 Å². The minimum Gasteiger partial charge on any atom is -0.378 e. The van der Waals surface area contributed by atoms with Crippen LogP contribution in [0.15, 0.2) is 0 Å². The van der Waals surface area contributed by atoms with Crippen molar-refractivity contribution < 1.29 is 9.47 Å². The van der Waals surface area contributed by atoms with Crippen LogP contribution in [-0.4, -0.2) is 42.5 Å². The number of hydrogen-bond donors (Lipinski definition) is 2. The Morgan fingerprint density at radius 2 is 2.32 bits per heavy atom. The first-order chi connectivity index (χ1) is 9.22. The van der Waals surface area contributed by atoms with Crippen molar-refractivity contribution in [3.05, 3.63) is 0 Å². The number of hydrazine groups is 1. The van der Waals surface area contributed by atoms with E-state index in [-0.39, 0.29) is 5.60 Å². The molecule has 0 aromatic carbocycles. The predicted octanol–water partition coefficient (Wildman–Crippen LogP) is 1.55. The van der Waals surface area contributed by atoms with Gasteiger partial charge in [-0.1, -0.05) is 0 Å². The van der Waals surface area contributed by atoms with E-state index < -0.39 is 0 Å². The zero-order chi connectivity index (χ0) is 13.3. The fourth-order valence-electron chi connectivity index (χ4n) is 3.99. The minimum absolute atomic E-state index is 0.147. The molecule has 3 aliphatic heterocycles. The number of ether oxygens (including phenoxy) is 2. The first-order valence-electron chi connectivity index (χ1n) is 7.52. The summed E-state index contributed by atoms with van der Waals surface area (Å²) in [6.07, 6.45) is 5.03. The third kappa shape index (κ3) is 2.95. The van der Waals surface area contributed by atoms with Gasteiger partial charge in [-0.2, -0.15) is 11.8 Å². The molecule has 3 heterocycles. The summed E-state index contributed by atoms with van der Waals surface area (Å²) in [5, 5.41) is 0. The Labute approximate surface area is 120 Å². The van der Waals surface area contributed by atoms with E-state index in [4.69, 9.17) is 15.3 Å². The average molecular weight is 286 g/mol. The molecule has 1 spiro atoms. The molecule has 5 heteroatoms. The van der Waals surface area contributed by atoms with Gasteiger partial charge >= 0.3 is 0 Å². The second kappa shape index (κ2) is 5.90. The molecule has 0 radical (unpaired) electrons. The van der Waals surface area contributed by atoms with Crippen molar-refractivity contribution in [1.29, 1.82) is 0 Å². The number of rotatable bonds is 3. The Morgan fingerprint density at radius 1 is 1.42 bits per heavy atom. The first kappa shape index (κ1) is 14.1. The molecule has 3 rings (SSSR count). The topological polar surface area (TPSA) is 56.5 Å². The summed E-state index contributed by atoms with van der Waals surface area (Å²) in [6.45, 7) is 3.91. The third-order valence-electron chi connectivity index (χ3n) is 5.04. The van der Waals surface area contributed by atoms with Crippen LogP contribution >= 0.6 is 11.8 Å². The van der Waals surface area contributed by atoms with Crippen LogP contribution in [0.3, 0.4) is 0 Å². The zero-order valence-corrected chi connectivity index (χ0v) is 12.6. The molecule has 3 N–H and O–H groups in total. The Kier molecular flexibility index (Phi) is 4.39. The molecule has 110 valence electrons. The predicted molar refractivity (Wildman–Crippen MR) is 78.0 cm³/mol. The zero-order valence-electron chi connectivity index (χ0n) is 11.8. The maximum absolute atomic E-state index is 6.11.